The third-order valence-corrected chi connectivity index (χ3v) is 13.0. The van der Waals surface area contributed by atoms with Crippen LogP contribution in [0.1, 0.15) is 0 Å². The highest BCUT2D eigenvalue weighted by atomic mass is 79.9. The van der Waals surface area contributed by atoms with E-state index in [1.807, 2.05) is 0 Å². The monoisotopic (exact) mass is 602 g/mol. The van der Waals surface area contributed by atoms with Gasteiger partial charge in [0.2, 0.25) is 0 Å². The van der Waals surface area contributed by atoms with Gasteiger partial charge in [0.25, 0.3) is 0 Å². The van der Waals surface area contributed by atoms with Crippen LogP contribution in [-0.2, 0) is 0 Å². The highest BCUT2D eigenvalue weighted by Crippen LogP contribution is 2.30. The average molecular weight is 605 g/mol. The molecule has 0 aliphatic heterocycles. The van der Waals surface area contributed by atoms with E-state index in [0.717, 1.165) is 0 Å². The Balaban J connectivity index is 2.28. The van der Waals surface area contributed by atoms with Crippen molar-refractivity contribution in [1.29, 1.82) is 0 Å². The van der Waals surface area contributed by atoms with Crippen molar-refractivity contribution in [3.05, 3.63) is 63.5 Å². The van der Waals surface area contributed by atoms with E-state index < -0.39 is 24.2 Å². The lowest BCUT2D eigenvalue weighted by Gasteiger charge is -2.23. The Kier molecular flexibility index (Phi) is 7.39. The molecule has 3 aromatic rings. The molecule has 0 aliphatic rings. The number of halogens is 2. The van der Waals surface area contributed by atoms with Crippen LogP contribution in [0.2, 0.25) is 58.9 Å². The van der Waals surface area contributed by atoms with Gasteiger partial charge in [0.05, 0.1) is 24.2 Å². The van der Waals surface area contributed by atoms with E-state index in [1.54, 1.807) is 0 Å². The summed E-state index contributed by atoms with van der Waals surface area (Å²) in [7, 11) is -4.33. The SMILES string of the molecule is C[Si](C)(C)c1cc(Br)cc(-c2cc(-c3cc(Br)cc([Si](C)(C)C)c3)cc([Si](C)(C)C)c2)c1. The zero-order chi connectivity index (χ0) is 24.1. The highest BCUT2D eigenvalue weighted by molar-refractivity contribution is 9.10. The number of hydrogen-bond donors (Lipinski definition) is 0. The van der Waals surface area contributed by atoms with Gasteiger partial charge < -0.3 is 0 Å². The lowest BCUT2D eigenvalue weighted by Crippen LogP contribution is -2.38. The molecule has 0 spiro atoms. The van der Waals surface area contributed by atoms with Crippen LogP contribution in [0.3, 0.4) is 0 Å². The Labute approximate surface area is 215 Å². The zero-order valence-electron chi connectivity index (χ0n) is 21.0. The predicted octanol–water partition coefficient (Wildman–Crippen LogP) is 8.18. The van der Waals surface area contributed by atoms with Crippen LogP contribution < -0.4 is 15.6 Å². The largest absolute Gasteiger partial charge is 0.0776 e. The van der Waals surface area contributed by atoms with Crippen molar-refractivity contribution >= 4 is 71.6 Å². The van der Waals surface area contributed by atoms with Crippen LogP contribution in [0.4, 0.5) is 0 Å². The molecule has 170 valence electrons. The van der Waals surface area contributed by atoms with Crippen molar-refractivity contribution in [3.8, 4) is 22.3 Å². The minimum Gasteiger partial charge on any atom is -0.0656 e. The molecule has 0 atom stereocenters. The van der Waals surface area contributed by atoms with Gasteiger partial charge in [0, 0.05) is 8.95 Å². The minimum absolute atomic E-state index is 1.18. The van der Waals surface area contributed by atoms with Crippen molar-refractivity contribution in [2.45, 2.75) is 58.9 Å². The number of benzene rings is 3. The predicted molar refractivity (Wildman–Crippen MR) is 162 cm³/mol. The van der Waals surface area contributed by atoms with E-state index in [4.69, 9.17) is 0 Å². The minimum atomic E-state index is -1.50. The van der Waals surface area contributed by atoms with E-state index in [1.165, 1.54) is 46.8 Å². The maximum absolute atomic E-state index is 3.79. The fourth-order valence-corrected chi connectivity index (χ4v) is 8.71. The van der Waals surface area contributed by atoms with Gasteiger partial charge in [0.1, 0.15) is 0 Å². The van der Waals surface area contributed by atoms with Gasteiger partial charge in [-0.3, -0.25) is 0 Å². The smallest absolute Gasteiger partial charge is 0.0656 e. The molecule has 0 radical (unpaired) electrons. The first-order valence-corrected chi connectivity index (χ1v) is 23.4. The molecule has 0 saturated carbocycles. The van der Waals surface area contributed by atoms with E-state index >= 15 is 0 Å². The molecule has 0 saturated heterocycles. The first kappa shape index (κ1) is 25.9. The Bertz CT molecular complexity index is 1070. The van der Waals surface area contributed by atoms with Crippen LogP contribution in [-0.4, -0.2) is 24.2 Å². The van der Waals surface area contributed by atoms with Crippen molar-refractivity contribution < 1.29 is 0 Å². The molecule has 5 heteroatoms. The topological polar surface area (TPSA) is 0 Å². The van der Waals surface area contributed by atoms with Gasteiger partial charge in [-0.05, 0) is 52.6 Å². The molecule has 3 rings (SSSR count). The molecule has 0 heterocycles. The van der Waals surface area contributed by atoms with Gasteiger partial charge >= 0.3 is 0 Å². The number of hydrogen-bond acceptors (Lipinski definition) is 0. The Hall–Kier alpha value is -0.729. The standard InChI is InChI=1S/C27H36Br2Si3/c1-30(2,3)25-13-19(21-11-23(28)17-26(15-21)31(4,5)6)10-20(14-25)22-12-24(29)18-27(16-22)32(7,8)9/h10-18H,1-9H3. The van der Waals surface area contributed by atoms with Crippen LogP contribution in [0.25, 0.3) is 22.3 Å². The van der Waals surface area contributed by atoms with E-state index in [0.29, 0.717) is 0 Å². The van der Waals surface area contributed by atoms with Crippen molar-refractivity contribution in [1.82, 2.24) is 0 Å². The Morgan fingerprint density at radius 2 is 0.625 bits per heavy atom. The summed E-state index contributed by atoms with van der Waals surface area (Å²) in [6.45, 7) is 21.8. The molecule has 0 aromatic heterocycles. The van der Waals surface area contributed by atoms with Crippen LogP contribution in [0, 0.1) is 0 Å². The highest BCUT2D eigenvalue weighted by Gasteiger charge is 2.22. The van der Waals surface area contributed by atoms with Crippen molar-refractivity contribution in [2.75, 3.05) is 0 Å². The van der Waals surface area contributed by atoms with E-state index in [2.05, 4.69) is 145 Å². The molecule has 3 aromatic carbocycles. The molecule has 0 amide bonds. The third-order valence-electron chi connectivity index (χ3n) is 5.99. The van der Waals surface area contributed by atoms with Crippen molar-refractivity contribution in [3.63, 3.8) is 0 Å². The fraction of sp³-hybridized carbons (Fsp3) is 0.333. The summed E-state index contributed by atoms with van der Waals surface area (Å²) in [6, 6.07) is 21.3. The molecular formula is C27H36Br2Si3. The quantitative estimate of drug-likeness (QED) is 0.258. The Morgan fingerprint density at radius 3 is 0.906 bits per heavy atom. The lowest BCUT2D eigenvalue weighted by molar-refractivity contribution is 1.57. The van der Waals surface area contributed by atoms with Gasteiger partial charge in [-0.15, -0.1) is 0 Å². The second-order valence-electron chi connectivity index (χ2n) is 12.0. The molecular weight excluding hydrogens is 568 g/mol. The second-order valence-corrected chi connectivity index (χ2v) is 29.1. The molecule has 0 fully saturated rings. The second kappa shape index (κ2) is 9.14. The van der Waals surface area contributed by atoms with Gasteiger partial charge in [-0.25, -0.2) is 0 Å². The molecule has 0 aliphatic carbocycles. The normalized spacial score (nSPS) is 12.8. The molecule has 0 nitrogen and oxygen atoms in total. The maximum atomic E-state index is 3.79. The molecule has 0 N–H and O–H groups in total. The summed E-state index contributed by atoms with van der Waals surface area (Å²) < 4.78 is 2.35. The average Bonchev–Trinajstić information content (AvgIpc) is 2.64. The van der Waals surface area contributed by atoms with E-state index in [9.17, 15) is 0 Å². The molecule has 0 unspecified atom stereocenters. The third kappa shape index (κ3) is 6.23. The van der Waals surface area contributed by atoms with Gasteiger partial charge in [0.15, 0.2) is 0 Å². The van der Waals surface area contributed by atoms with Crippen molar-refractivity contribution in [2.24, 2.45) is 0 Å². The first-order chi connectivity index (χ1) is 14.5. The zero-order valence-corrected chi connectivity index (χ0v) is 27.1. The van der Waals surface area contributed by atoms with Crippen LogP contribution >= 0.6 is 31.9 Å². The summed E-state index contributed by atoms with van der Waals surface area (Å²) in [5.74, 6) is 0. The summed E-state index contributed by atoms with van der Waals surface area (Å²) >= 11 is 7.59. The van der Waals surface area contributed by atoms with E-state index in [-0.39, 0.29) is 0 Å². The summed E-state index contributed by atoms with van der Waals surface area (Å²) in [6.07, 6.45) is 0. The Morgan fingerprint density at radius 1 is 0.375 bits per heavy atom. The molecule has 0 bridgehead atoms. The summed E-state index contributed by atoms with van der Waals surface area (Å²) in [4.78, 5) is 0. The van der Waals surface area contributed by atoms with Crippen LogP contribution in [0.15, 0.2) is 63.5 Å². The van der Waals surface area contributed by atoms with Gasteiger partial charge in [-0.1, -0.05) is 131 Å². The summed E-state index contributed by atoms with van der Waals surface area (Å²) in [5.41, 5.74) is 5.29. The number of rotatable bonds is 5. The molecule has 32 heavy (non-hydrogen) atoms. The first-order valence-electron chi connectivity index (χ1n) is 11.3. The fourth-order valence-electron chi connectivity index (χ4n) is 3.77. The van der Waals surface area contributed by atoms with Crippen LogP contribution in [0.5, 0.6) is 0 Å². The lowest BCUT2D eigenvalue weighted by atomic mass is 9.99. The van der Waals surface area contributed by atoms with Gasteiger partial charge in [-0.2, -0.15) is 0 Å². The maximum Gasteiger partial charge on any atom is 0.0776 e. The summed E-state index contributed by atoms with van der Waals surface area (Å²) in [5, 5.41) is 4.49.